The van der Waals surface area contributed by atoms with Gasteiger partial charge in [0.2, 0.25) is 0 Å². The molecule has 31 heavy (non-hydrogen) atoms. The number of rotatable bonds is 6. The molecule has 1 fully saturated rings. The molecule has 0 atom stereocenters. The fourth-order valence-electron chi connectivity index (χ4n) is 4.14. The van der Waals surface area contributed by atoms with E-state index in [-0.39, 0.29) is 5.91 Å². The molecule has 3 heterocycles. The maximum absolute atomic E-state index is 12.6. The lowest BCUT2D eigenvalue weighted by Gasteiger charge is -2.27. The summed E-state index contributed by atoms with van der Waals surface area (Å²) in [6.07, 6.45) is 2.54. The Morgan fingerprint density at radius 3 is 2.81 bits per heavy atom. The Hall–Kier alpha value is -2.84. The van der Waals surface area contributed by atoms with Gasteiger partial charge in [-0.1, -0.05) is 17.7 Å². The van der Waals surface area contributed by atoms with Crippen molar-refractivity contribution in [3.63, 3.8) is 0 Å². The van der Waals surface area contributed by atoms with Crippen molar-refractivity contribution in [1.29, 1.82) is 0 Å². The largest absolute Gasteiger partial charge is 0.350 e. The van der Waals surface area contributed by atoms with Gasteiger partial charge in [-0.2, -0.15) is 0 Å². The summed E-state index contributed by atoms with van der Waals surface area (Å²) in [6.45, 7) is 12.1. The van der Waals surface area contributed by atoms with Crippen molar-refractivity contribution in [2.75, 3.05) is 50.7 Å². The summed E-state index contributed by atoms with van der Waals surface area (Å²) >= 11 is 0. The molecule has 1 aromatic carbocycles. The molecule has 0 saturated carbocycles. The number of benzene rings is 1. The van der Waals surface area contributed by atoms with E-state index in [0.29, 0.717) is 17.9 Å². The maximum Gasteiger partial charge on any atom is 0.265 e. The second-order valence-electron chi connectivity index (χ2n) is 8.21. The van der Waals surface area contributed by atoms with Crippen LogP contribution in [0.1, 0.15) is 23.7 Å². The second kappa shape index (κ2) is 9.53. The molecule has 2 aliphatic rings. The molecule has 8 heteroatoms. The Labute approximate surface area is 183 Å². The molecule has 2 N–H and O–H groups in total. The van der Waals surface area contributed by atoms with Crippen molar-refractivity contribution in [3.05, 3.63) is 41.3 Å². The van der Waals surface area contributed by atoms with E-state index >= 15 is 0 Å². The Kier molecular flexibility index (Phi) is 6.58. The van der Waals surface area contributed by atoms with Crippen molar-refractivity contribution < 1.29 is 4.79 Å². The molecule has 0 unspecified atom stereocenters. The topological polar surface area (TPSA) is 85.8 Å². The van der Waals surface area contributed by atoms with Crippen LogP contribution >= 0.6 is 0 Å². The monoisotopic (exact) mass is 421 g/mol. The zero-order valence-corrected chi connectivity index (χ0v) is 18.6. The van der Waals surface area contributed by atoms with Crippen molar-refractivity contribution in [3.8, 4) is 0 Å². The number of hydrogen-bond acceptors (Lipinski definition) is 7. The molecule has 0 radical (unpaired) electrons. The minimum absolute atomic E-state index is 0.151. The van der Waals surface area contributed by atoms with Gasteiger partial charge in [0.15, 0.2) is 5.82 Å². The molecule has 1 aromatic heterocycles. The summed E-state index contributed by atoms with van der Waals surface area (Å²) in [4.78, 5) is 30.7. The van der Waals surface area contributed by atoms with E-state index < -0.39 is 0 Å². The molecule has 0 spiro atoms. The van der Waals surface area contributed by atoms with Gasteiger partial charge in [-0.15, -0.1) is 0 Å². The zero-order valence-electron chi connectivity index (χ0n) is 18.6. The maximum atomic E-state index is 12.6. The molecular formula is C23H31N7O. The Balaban J connectivity index is 1.49. The summed E-state index contributed by atoms with van der Waals surface area (Å²) in [7, 11) is 0. The lowest BCUT2D eigenvalue weighted by molar-refractivity contribution is -0.114. The van der Waals surface area contributed by atoms with Crippen LogP contribution in [0.3, 0.4) is 0 Å². The van der Waals surface area contributed by atoms with Gasteiger partial charge in [0, 0.05) is 51.5 Å². The van der Waals surface area contributed by atoms with Crippen molar-refractivity contribution in [2.24, 2.45) is 4.99 Å². The highest BCUT2D eigenvalue weighted by Gasteiger charge is 2.25. The quantitative estimate of drug-likeness (QED) is 0.693. The highest BCUT2D eigenvalue weighted by atomic mass is 16.1. The number of amides is 1. The minimum Gasteiger partial charge on any atom is -0.350 e. The van der Waals surface area contributed by atoms with Crippen LogP contribution in [0, 0.1) is 13.8 Å². The third kappa shape index (κ3) is 4.91. The van der Waals surface area contributed by atoms with Gasteiger partial charge in [0.25, 0.3) is 5.91 Å². The fourth-order valence-corrected chi connectivity index (χ4v) is 4.14. The molecule has 164 valence electrons. The van der Waals surface area contributed by atoms with Gasteiger partial charge < -0.3 is 15.5 Å². The number of piperazine rings is 1. The summed E-state index contributed by atoms with van der Waals surface area (Å²) in [5.74, 6) is 0.602. The van der Waals surface area contributed by atoms with Gasteiger partial charge in [-0.3, -0.25) is 9.69 Å². The third-order valence-corrected chi connectivity index (χ3v) is 5.90. The second-order valence-corrected chi connectivity index (χ2v) is 8.21. The first-order chi connectivity index (χ1) is 15.0. The molecule has 4 rings (SSSR count). The Bertz CT molecular complexity index is 982. The van der Waals surface area contributed by atoms with Gasteiger partial charge in [0.1, 0.15) is 17.7 Å². The Morgan fingerprint density at radius 1 is 1.19 bits per heavy atom. The van der Waals surface area contributed by atoms with E-state index in [4.69, 9.17) is 0 Å². The molecule has 0 aliphatic carbocycles. The van der Waals surface area contributed by atoms with Gasteiger partial charge in [-0.25, -0.2) is 15.0 Å². The normalized spacial score (nSPS) is 17.0. The van der Waals surface area contributed by atoms with Crippen molar-refractivity contribution >= 4 is 28.8 Å². The minimum atomic E-state index is -0.151. The number of hydrogen-bond donors (Lipinski definition) is 2. The van der Waals surface area contributed by atoms with Gasteiger partial charge in [0.05, 0.1) is 5.69 Å². The summed E-state index contributed by atoms with van der Waals surface area (Å²) in [5.41, 5.74) is 5.56. The highest BCUT2D eigenvalue weighted by Crippen LogP contribution is 2.39. The first kappa shape index (κ1) is 21.4. The number of nitrogens with zero attached hydrogens (tertiary/aromatic N) is 5. The molecule has 2 aromatic rings. The number of carbonyl (C=O) groups is 1. The molecular weight excluding hydrogens is 390 g/mol. The number of carbonyl (C=O) groups excluding carboxylic acids is 1. The molecule has 2 aliphatic heterocycles. The summed E-state index contributed by atoms with van der Waals surface area (Å²) in [6, 6.07) is 6.48. The lowest BCUT2D eigenvalue weighted by atomic mass is 10.1. The average molecular weight is 422 g/mol. The van der Waals surface area contributed by atoms with Crippen LogP contribution in [0.15, 0.2) is 29.5 Å². The van der Waals surface area contributed by atoms with Gasteiger partial charge in [-0.05, 0) is 38.8 Å². The summed E-state index contributed by atoms with van der Waals surface area (Å²) < 4.78 is 0. The van der Waals surface area contributed by atoms with Crippen molar-refractivity contribution in [2.45, 2.75) is 27.2 Å². The number of aromatic nitrogens is 2. The number of fused-ring (bicyclic) bond motifs is 1. The van der Waals surface area contributed by atoms with Crippen LogP contribution in [0.4, 0.5) is 17.2 Å². The predicted octanol–water partition coefficient (Wildman–Crippen LogP) is 1.90. The third-order valence-electron chi connectivity index (χ3n) is 5.90. The van der Waals surface area contributed by atoms with E-state index in [2.05, 4.69) is 60.5 Å². The number of aryl methyl sites for hydroxylation is 2. The van der Waals surface area contributed by atoms with Crippen molar-refractivity contribution in [1.82, 2.24) is 25.5 Å². The van der Waals surface area contributed by atoms with Crippen LogP contribution in [0.25, 0.3) is 0 Å². The van der Waals surface area contributed by atoms with E-state index in [1.807, 2.05) is 6.92 Å². The van der Waals surface area contributed by atoms with E-state index in [0.717, 1.165) is 62.9 Å². The Morgan fingerprint density at radius 2 is 2.00 bits per heavy atom. The van der Waals surface area contributed by atoms with E-state index in [9.17, 15) is 4.79 Å². The van der Waals surface area contributed by atoms with E-state index in [1.54, 1.807) is 13.3 Å². The highest BCUT2D eigenvalue weighted by molar-refractivity contribution is 6.38. The van der Waals surface area contributed by atoms with Crippen LogP contribution in [0.2, 0.25) is 0 Å². The van der Waals surface area contributed by atoms with Gasteiger partial charge >= 0.3 is 0 Å². The fraction of sp³-hybridized carbons (Fsp3) is 0.478. The SMILES string of the molecule is C/C(=N\c1c(C)ncnc1N1CCc2cc(C)ccc21)C(=O)NCCN1CCNCC1. The standard InChI is InChI=1S/C23H31N7O/c1-16-4-5-20-19(14-16)6-10-30(20)22-21(17(2)26-15-27-22)28-18(3)23(31)25-9-13-29-11-7-24-8-12-29/h4-5,14-15,24H,6-13H2,1-3H3,(H,25,31)/b28-18+. The number of nitrogens with one attached hydrogen (secondary N) is 2. The van der Waals surface area contributed by atoms with E-state index in [1.165, 1.54) is 11.1 Å². The number of aliphatic imine (C=N–C) groups is 1. The first-order valence-electron chi connectivity index (χ1n) is 11.0. The molecule has 8 nitrogen and oxygen atoms in total. The van der Waals surface area contributed by atoms with Crippen LogP contribution in [0.5, 0.6) is 0 Å². The average Bonchev–Trinajstić information content (AvgIpc) is 3.18. The summed E-state index contributed by atoms with van der Waals surface area (Å²) in [5, 5.41) is 6.33. The van der Waals surface area contributed by atoms with Crippen LogP contribution in [-0.4, -0.2) is 72.3 Å². The van der Waals surface area contributed by atoms with Crippen LogP contribution < -0.4 is 15.5 Å². The molecule has 0 bridgehead atoms. The lowest BCUT2D eigenvalue weighted by Crippen LogP contribution is -2.46. The molecule has 1 amide bonds. The first-order valence-corrected chi connectivity index (χ1v) is 11.0. The number of anilines is 2. The molecule has 1 saturated heterocycles. The smallest absolute Gasteiger partial charge is 0.265 e. The zero-order chi connectivity index (χ0) is 21.8. The van der Waals surface area contributed by atoms with Crippen LogP contribution in [-0.2, 0) is 11.2 Å². The predicted molar refractivity (Wildman–Crippen MR) is 124 cm³/mol.